The summed E-state index contributed by atoms with van der Waals surface area (Å²) in [5, 5.41) is 5.83. The molecule has 7 heteroatoms. The van der Waals surface area contributed by atoms with Gasteiger partial charge in [-0.25, -0.2) is 5.43 Å². The molecule has 0 aromatic heterocycles. The van der Waals surface area contributed by atoms with Crippen LogP contribution in [0, 0.1) is 0 Å². The molecule has 0 atom stereocenters. The number of carbonyl (C=O) groups excluding carboxylic acids is 1. The number of ether oxygens (including phenoxy) is 2. The van der Waals surface area contributed by atoms with Gasteiger partial charge in [-0.15, -0.1) is 5.10 Å². The predicted molar refractivity (Wildman–Crippen MR) is 85.2 cm³/mol. The number of amides is 1. The van der Waals surface area contributed by atoms with Crippen molar-refractivity contribution in [3.8, 4) is 11.5 Å². The molecule has 0 fully saturated rings. The highest BCUT2D eigenvalue weighted by Crippen LogP contribution is 2.28. The minimum absolute atomic E-state index is 0. The van der Waals surface area contributed by atoms with Gasteiger partial charge in [0.1, 0.15) is 6.61 Å². The molecule has 1 heterocycles. The highest BCUT2D eigenvalue weighted by Gasteiger charge is 2.18. The molecule has 0 aliphatic carbocycles. The monoisotopic (exact) mass is 347 g/mol. The van der Waals surface area contributed by atoms with Crippen LogP contribution in [0.2, 0.25) is 0 Å². The summed E-state index contributed by atoms with van der Waals surface area (Å²) in [6.07, 6.45) is 0. The van der Waals surface area contributed by atoms with E-state index in [9.17, 15) is 4.79 Å². The number of halogens is 1. The Morgan fingerprint density at radius 3 is 2.62 bits per heavy atom. The van der Waals surface area contributed by atoms with Crippen LogP contribution in [0.4, 0.5) is 0 Å². The number of nitrogens with one attached hydrogen (secondary N) is 1. The average Bonchev–Trinajstić information content (AvgIpc) is 2.61. The summed E-state index contributed by atoms with van der Waals surface area (Å²) >= 11 is 0. The van der Waals surface area contributed by atoms with Crippen LogP contribution in [0.1, 0.15) is 11.1 Å². The maximum Gasteiger partial charge on any atom is 0.295 e. The van der Waals surface area contributed by atoms with Gasteiger partial charge in [-0.05, 0) is 23.8 Å². The third kappa shape index (κ3) is 4.24. The number of hydrazone groups is 1. The molecular formula is C17H18ClN3O3. The third-order valence-electron chi connectivity index (χ3n) is 3.48. The summed E-state index contributed by atoms with van der Waals surface area (Å²) in [6.45, 7) is 0.799. The molecule has 0 bridgehead atoms. The lowest BCUT2D eigenvalue weighted by Gasteiger charge is -2.14. The number of benzene rings is 2. The number of hydrogen-bond acceptors (Lipinski definition) is 4. The molecule has 6 nitrogen and oxygen atoms in total. The number of quaternary nitrogens is 1. The van der Waals surface area contributed by atoms with E-state index in [0.29, 0.717) is 24.7 Å². The lowest BCUT2D eigenvalue weighted by atomic mass is 10.1. The number of nitrogens with zero attached hydrogens (tertiary/aromatic N) is 1. The SMILES string of the molecule is COc1cc(C2=NNC(=O)C[NH2+]2)ccc1OCc1ccccc1.[Cl-]. The highest BCUT2D eigenvalue weighted by atomic mass is 35.5. The fourth-order valence-electron chi connectivity index (χ4n) is 2.27. The van der Waals surface area contributed by atoms with Gasteiger partial charge in [-0.3, -0.25) is 10.1 Å². The molecule has 0 saturated heterocycles. The fraction of sp³-hybridized carbons (Fsp3) is 0.176. The van der Waals surface area contributed by atoms with E-state index in [4.69, 9.17) is 9.47 Å². The van der Waals surface area contributed by atoms with Gasteiger partial charge in [-0.1, -0.05) is 30.3 Å². The Labute approximate surface area is 146 Å². The Hall–Kier alpha value is -2.57. The van der Waals surface area contributed by atoms with E-state index in [1.54, 1.807) is 12.4 Å². The zero-order valence-electron chi connectivity index (χ0n) is 13.2. The first kappa shape index (κ1) is 17.8. The standard InChI is InChI=1S/C17H17N3O3.ClH/c1-22-15-9-13(17-18-10-16(21)19-20-17)7-8-14(15)23-11-12-5-3-2-4-6-12;/h2-9H,10-11H2,1H3,(H,18,20)(H,19,21);1H. The van der Waals surface area contributed by atoms with E-state index >= 15 is 0 Å². The van der Waals surface area contributed by atoms with E-state index in [2.05, 4.69) is 10.5 Å². The first-order valence-electron chi connectivity index (χ1n) is 7.31. The maximum absolute atomic E-state index is 11.1. The Bertz CT molecular complexity index is 735. The second-order valence-corrected chi connectivity index (χ2v) is 5.08. The van der Waals surface area contributed by atoms with E-state index in [1.807, 2.05) is 48.5 Å². The summed E-state index contributed by atoms with van der Waals surface area (Å²) < 4.78 is 11.2. The van der Waals surface area contributed by atoms with Crippen molar-refractivity contribution in [3.63, 3.8) is 0 Å². The van der Waals surface area contributed by atoms with Crippen molar-refractivity contribution >= 4 is 11.7 Å². The van der Waals surface area contributed by atoms with Crippen molar-refractivity contribution in [2.75, 3.05) is 13.7 Å². The van der Waals surface area contributed by atoms with Crippen LogP contribution in [0.15, 0.2) is 53.6 Å². The Morgan fingerprint density at radius 1 is 1.17 bits per heavy atom. The molecule has 0 spiro atoms. The van der Waals surface area contributed by atoms with Gasteiger partial charge >= 0.3 is 0 Å². The lowest BCUT2D eigenvalue weighted by Crippen LogP contribution is -3.00. The second-order valence-electron chi connectivity index (χ2n) is 5.08. The van der Waals surface area contributed by atoms with Gasteiger partial charge in [0.2, 0.25) is 5.84 Å². The Kier molecular flexibility index (Phi) is 6.17. The maximum atomic E-state index is 11.1. The second kappa shape index (κ2) is 8.33. The Balaban J connectivity index is 0.00000208. The van der Waals surface area contributed by atoms with Crippen molar-refractivity contribution in [3.05, 3.63) is 59.7 Å². The molecule has 1 amide bonds. The summed E-state index contributed by atoms with van der Waals surface area (Å²) in [5.41, 5.74) is 4.43. The lowest BCUT2D eigenvalue weighted by molar-refractivity contribution is -0.529. The Morgan fingerprint density at radius 2 is 1.96 bits per heavy atom. The average molecular weight is 348 g/mol. The van der Waals surface area contributed by atoms with Gasteiger partial charge in [0.15, 0.2) is 18.0 Å². The minimum Gasteiger partial charge on any atom is -1.00 e. The summed E-state index contributed by atoms with van der Waals surface area (Å²) in [7, 11) is 1.60. The van der Waals surface area contributed by atoms with E-state index in [-0.39, 0.29) is 18.3 Å². The van der Waals surface area contributed by atoms with Gasteiger partial charge < -0.3 is 21.9 Å². The van der Waals surface area contributed by atoms with Gasteiger partial charge in [-0.2, -0.15) is 0 Å². The summed E-state index contributed by atoms with van der Waals surface area (Å²) in [5.74, 6) is 1.91. The quantitative estimate of drug-likeness (QED) is 0.635. The van der Waals surface area contributed by atoms with Crippen molar-refractivity contribution in [2.45, 2.75) is 6.61 Å². The number of amidine groups is 1. The molecular weight excluding hydrogens is 330 g/mol. The highest BCUT2D eigenvalue weighted by molar-refractivity contribution is 5.95. The number of methoxy groups -OCH3 is 1. The topological polar surface area (TPSA) is 76.5 Å². The van der Waals surface area contributed by atoms with E-state index in [1.165, 1.54) is 0 Å². The molecule has 3 N–H and O–H groups in total. The minimum atomic E-state index is -0.108. The fourth-order valence-corrected chi connectivity index (χ4v) is 2.27. The molecule has 3 rings (SSSR count). The molecule has 2 aromatic carbocycles. The molecule has 1 aliphatic heterocycles. The van der Waals surface area contributed by atoms with Crippen molar-refractivity contribution < 1.29 is 32.0 Å². The molecule has 126 valence electrons. The van der Waals surface area contributed by atoms with Crippen LogP contribution in [-0.2, 0) is 11.4 Å². The van der Waals surface area contributed by atoms with Gasteiger partial charge in [0.05, 0.1) is 12.7 Å². The van der Waals surface area contributed by atoms with Crippen LogP contribution >= 0.6 is 0 Å². The third-order valence-corrected chi connectivity index (χ3v) is 3.48. The van der Waals surface area contributed by atoms with Gasteiger partial charge in [0, 0.05) is 0 Å². The van der Waals surface area contributed by atoms with E-state index in [0.717, 1.165) is 17.0 Å². The van der Waals surface area contributed by atoms with Crippen LogP contribution < -0.4 is 32.6 Å². The number of nitrogens with two attached hydrogens (primary N) is 1. The number of carbonyl (C=O) groups is 1. The van der Waals surface area contributed by atoms with Gasteiger partial charge in [0.25, 0.3) is 5.91 Å². The number of hydrogen-bond donors (Lipinski definition) is 2. The molecule has 24 heavy (non-hydrogen) atoms. The molecule has 1 aliphatic rings. The molecule has 0 radical (unpaired) electrons. The zero-order chi connectivity index (χ0) is 16.1. The van der Waals surface area contributed by atoms with Crippen LogP contribution in [0.5, 0.6) is 11.5 Å². The van der Waals surface area contributed by atoms with E-state index < -0.39 is 0 Å². The van der Waals surface area contributed by atoms with Crippen LogP contribution in [0.3, 0.4) is 0 Å². The first-order valence-corrected chi connectivity index (χ1v) is 7.31. The molecule has 0 saturated carbocycles. The molecule has 2 aromatic rings. The normalized spacial score (nSPS) is 13.4. The largest absolute Gasteiger partial charge is 1.00 e. The zero-order valence-corrected chi connectivity index (χ0v) is 13.9. The number of rotatable bonds is 5. The summed E-state index contributed by atoms with van der Waals surface area (Å²) in [6, 6.07) is 15.5. The smallest absolute Gasteiger partial charge is 0.295 e. The van der Waals surface area contributed by atoms with Crippen molar-refractivity contribution in [1.82, 2.24) is 5.43 Å². The van der Waals surface area contributed by atoms with Crippen molar-refractivity contribution in [1.29, 1.82) is 0 Å². The van der Waals surface area contributed by atoms with Crippen LogP contribution in [0.25, 0.3) is 0 Å². The summed E-state index contributed by atoms with van der Waals surface area (Å²) in [4.78, 5) is 11.1. The molecule has 0 unspecified atom stereocenters. The predicted octanol–water partition coefficient (Wildman–Crippen LogP) is -2.37. The van der Waals surface area contributed by atoms with Crippen molar-refractivity contribution in [2.24, 2.45) is 5.10 Å². The van der Waals surface area contributed by atoms with Crippen LogP contribution in [-0.4, -0.2) is 25.4 Å². The first-order chi connectivity index (χ1) is 11.3.